The molecule has 26 aromatic rings. The maximum atomic E-state index is 14.6. The SMILES string of the molecule is O=c1c2ccccc2n2c3ccc(-c4cc(-c5ccc6c(c5)c(=O)c5cccc7c(=O)c8ccccc8n6c75)c5cc6ccccc6cc5c4)cc3c(=O)c3cccc1c32.O=c1c2ccccc2n2c3ccc(-c4cc5cc6ccccc6cc5cc4-c4ccc5c(c4)c(=O)c4cccc6c(=O)c7ccccc7n5c64)cc3c(=O)c3cccc1c32. The lowest BCUT2D eigenvalue weighted by Gasteiger charge is -2.18. The van der Waals surface area contributed by atoms with Crippen molar-refractivity contribution in [3.63, 3.8) is 0 Å². The number of pyridine rings is 8. The molecule has 0 amide bonds. The number of hydrogen-bond acceptors (Lipinski definition) is 8. The molecule has 0 aliphatic rings. The summed E-state index contributed by atoms with van der Waals surface area (Å²) in [4.78, 5) is 113. The lowest BCUT2D eigenvalue weighted by Crippen LogP contribution is -2.14. The average Bonchev–Trinajstić information content (AvgIpc) is 0.735. The van der Waals surface area contributed by atoms with Crippen LogP contribution in [0.2, 0.25) is 0 Å². The summed E-state index contributed by atoms with van der Waals surface area (Å²) in [6.45, 7) is 0. The standard InChI is InChI=1S/2C54H28N2O4/c57-51-35-11-3-5-17-45(35)55-47-21-19-31(26-43(47)53(59)39-15-7-13-37(51)49(39)55)33-24-34-23-29-9-1-2-10-30(29)25-42(34)41(28-33)32-20-22-48-44(27-32)54(60)40-16-8-14-38-50(40)56(48)46-18-6-4-12-36(46)52(38)58;57-51-35-11-3-5-17-45(35)55-47-21-19-31(25-43(47)53(59)39-15-7-13-37(51)49(39)55)41-27-33-23-29-9-1-2-10-30(29)24-34(33)28-42(41)32-20-22-48-44(26-32)54(60)40-16-8-14-38-50(40)56(48)46-18-6-4-12-36(46)52(38)58/h2*1-28H. The molecule has 0 spiro atoms. The van der Waals surface area contributed by atoms with Gasteiger partial charge in [0.2, 0.25) is 0 Å². The Labute approximate surface area is 674 Å². The molecule has 0 aliphatic heterocycles. The average molecular weight is 1540 g/mol. The Morgan fingerprint density at radius 2 is 0.375 bits per heavy atom. The second-order valence-corrected chi connectivity index (χ2v) is 31.7. The summed E-state index contributed by atoms with van der Waals surface area (Å²) >= 11 is 0. The van der Waals surface area contributed by atoms with E-state index >= 15 is 0 Å². The van der Waals surface area contributed by atoms with Crippen molar-refractivity contribution in [1.29, 1.82) is 0 Å². The highest BCUT2D eigenvalue weighted by Crippen LogP contribution is 2.43. The first-order valence-electron chi connectivity index (χ1n) is 39.8. The van der Waals surface area contributed by atoms with Gasteiger partial charge in [0.05, 0.1) is 66.2 Å². The van der Waals surface area contributed by atoms with Gasteiger partial charge in [-0.05, 0) is 282 Å². The molecule has 8 aromatic heterocycles. The van der Waals surface area contributed by atoms with Crippen LogP contribution in [0.3, 0.4) is 0 Å². The Balaban J connectivity index is 0.000000133. The van der Waals surface area contributed by atoms with Crippen LogP contribution >= 0.6 is 0 Å². The molecule has 0 unspecified atom stereocenters. The summed E-state index contributed by atoms with van der Waals surface area (Å²) < 4.78 is 8.23. The highest BCUT2D eigenvalue weighted by Gasteiger charge is 2.26. The minimum Gasteiger partial charge on any atom is -0.308 e. The number of benzene rings is 18. The zero-order valence-corrected chi connectivity index (χ0v) is 63.4. The lowest BCUT2D eigenvalue weighted by atomic mass is 9.89. The largest absolute Gasteiger partial charge is 0.308 e. The van der Waals surface area contributed by atoms with Crippen LogP contribution in [0.25, 0.3) is 240 Å². The smallest absolute Gasteiger partial charge is 0.197 e. The molecule has 12 nitrogen and oxygen atoms in total. The van der Waals surface area contributed by atoms with Crippen molar-refractivity contribution in [3.8, 4) is 44.5 Å². The van der Waals surface area contributed by atoms with Gasteiger partial charge in [-0.25, -0.2) is 0 Å². The Morgan fingerprint density at radius 1 is 0.133 bits per heavy atom. The number of hydrogen-bond donors (Lipinski definition) is 0. The van der Waals surface area contributed by atoms with E-state index in [0.29, 0.717) is 108 Å². The summed E-state index contributed by atoms with van der Waals surface area (Å²) in [7, 11) is 0. The number of fused-ring (bicyclic) bond motifs is 20. The Morgan fingerprint density at radius 3 is 0.700 bits per heavy atom. The van der Waals surface area contributed by atoms with Gasteiger partial charge in [0.1, 0.15) is 0 Å². The third-order valence-corrected chi connectivity index (χ3v) is 25.4. The minimum atomic E-state index is -0.141. The van der Waals surface area contributed by atoms with Crippen LogP contribution in [-0.4, -0.2) is 17.6 Å². The molecule has 0 saturated heterocycles. The number of rotatable bonds is 4. The van der Waals surface area contributed by atoms with E-state index in [0.717, 1.165) is 132 Å². The number of aromatic nitrogens is 4. The van der Waals surface area contributed by atoms with Crippen LogP contribution in [-0.2, 0) is 0 Å². The van der Waals surface area contributed by atoms with E-state index in [9.17, 15) is 38.4 Å². The van der Waals surface area contributed by atoms with Gasteiger partial charge >= 0.3 is 0 Å². The second kappa shape index (κ2) is 24.6. The van der Waals surface area contributed by atoms with E-state index < -0.39 is 0 Å². The molecule has 18 aromatic carbocycles. The van der Waals surface area contributed by atoms with Crippen molar-refractivity contribution in [1.82, 2.24) is 17.6 Å². The maximum Gasteiger partial charge on any atom is 0.197 e. The first-order chi connectivity index (χ1) is 58.8. The van der Waals surface area contributed by atoms with Crippen molar-refractivity contribution in [3.05, 3.63) is 422 Å². The molecule has 0 aliphatic carbocycles. The fourth-order valence-corrected chi connectivity index (χ4v) is 20.0. The van der Waals surface area contributed by atoms with Crippen molar-refractivity contribution in [2.24, 2.45) is 0 Å². The number of para-hydroxylation sites is 8. The van der Waals surface area contributed by atoms with Crippen LogP contribution in [0.5, 0.6) is 0 Å². The predicted molar refractivity (Wildman–Crippen MR) is 493 cm³/mol. The predicted octanol–water partition coefficient (Wildman–Crippen LogP) is 22.1. The van der Waals surface area contributed by atoms with Crippen LogP contribution < -0.4 is 43.4 Å². The normalized spacial score (nSPS) is 12.3. The molecule has 0 saturated carbocycles. The van der Waals surface area contributed by atoms with Gasteiger partial charge in [-0.1, -0.05) is 146 Å². The highest BCUT2D eigenvalue weighted by atomic mass is 16.1. The fourth-order valence-electron chi connectivity index (χ4n) is 20.0. The van der Waals surface area contributed by atoms with Gasteiger partial charge in [-0.3, -0.25) is 38.4 Å². The van der Waals surface area contributed by atoms with Gasteiger partial charge < -0.3 is 17.6 Å². The molecule has 26 rings (SSSR count). The van der Waals surface area contributed by atoms with Crippen LogP contribution in [0.1, 0.15) is 0 Å². The Kier molecular flexibility index (Phi) is 13.7. The molecule has 0 fully saturated rings. The van der Waals surface area contributed by atoms with Crippen LogP contribution in [0.4, 0.5) is 0 Å². The molecular weight excluding hydrogens is 1480 g/mol. The van der Waals surface area contributed by atoms with Crippen molar-refractivity contribution in [2.75, 3.05) is 0 Å². The summed E-state index contributed by atoms with van der Waals surface area (Å²) in [5, 5.41) is 17.2. The van der Waals surface area contributed by atoms with Crippen molar-refractivity contribution < 1.29 is 0 Å². The van der Waals surface area contributed by atoms with Gasteiger partial charge in [0.25, 0.3) is 0 Å². The van der Waals surface area contributed by atoms with E-state index in [1.807, 2.05) is 194 Å². The molecule has 12 heteroatoms. The van der Waals surface area contributed by atoms with E-state index in [-0.39, 0.29) is 43.4 Å². The third kappa shape index (κ3) is 9.23. The molecule has 120 heavy (non-hydrogen) atoms. The Bertz CT molecular complexity index is 9520. The quantitative estimate of drug-likeness (QED) is 0.125. The van der Waals surface area contributed by atoms with Crippen molar-refractivity contribution >= 4 is 195 Å². The molecule has 556 valence electrons. The number of nitrogens with zero attached hydrogens (tertiary/aromatic N) is 4. The highest BCUT2D eigenvalue weighted by molar-refractivity contribution is 6.16. The maximum absolute atomic E-state index is 14.6. The monoisotopic (exact) mass is 1540 g/mol. The van der Waals surface area contributed by atoms with Gasteiger partial charge in [0.15, 0.2) is 43.4 Å². The summed E-state index contributed by atoms with van der Waals surface area (Å²) in [5.41, 5.74) is 14.6. The van der Waals surface area contributed by atoms with E-state index in [2.05, 4.69) is 96.5 Å². The molecule has 8 heterocycles. The molecule has 0 N–H and O–H groups in total. The second-order valence-electron chi connectivity index (χ2n) is 31.7. The molecule has 0 bridgehead atoms. The summed E-state index contributed by atoms with van der Waals surface area (Å²) in [6, 6.07) is 110. The van der Waals surface area contributed by atoms with E-state index in [1.54, 1.807) is 66.7 Å². The zero-order chi connectivity index (χ0) is 79.9. The van der Waals surface area contributed by atoms with Crippen LogP contribution in [0.15, 0.2) is 378 Å². The van der Waals surface area contributed by atoms with Crippen LogP contribution in [0, 0.1) is 0 Å². The zero-order valence-electron chi connectivity index (χ0n) is 63.4. The third-order valence-electron chi connectivity index (χ3n) is 25.4. The summed E-state index contributed by atoms with van der Waals surface area (Å²) in [6.07, 6.45) is 0. The van der Waals surface area contributed by atoms with Gasteiger partial charge in [-0.2, -0.15) is 0 Å². The van der Waals surface area contributed by atoms with E-state index in [1.165, 1.54) is 0 Å². The minimum absolute atomic E-state index is 0.0866. The summed E-state index contributed by atoms with van der Waals surface area (Å²) in [5.74, 6) is 0. The fraction of sp³-hybridized carbons (Fsp3) is 0. The van der Waals surface area contributed by atoms with Gasteiger partial charge in [0, 0.05) is 86.2 Å². The molecule has 0 atom stereocenters. The Hall–Kier alpha value is -16.4. The molecular formula is C108H56N4O8. The first-order valence-corrected chi connectivity index (χ1v) is 39.8. The molecule has 0 radical (unpaired) electrons. The van der Waals surface area contributed by atoms with E-state index in [4.69, 9.17) is 0 Å². The van der Waals surface area contributed by atoms with Gasteiger partial charge in [-0.15, -0.1) is 0 Å². The lowest BCUT2D eigenvalue weighted by molar-refractivity contribution is 1.31. The topological polar surface area (TPSA) is 154 Å². The first kappa shape index (κ1) is 66.9. The van der Waals surface area contributed by atoms with Crippen molar-refractivity contribution in [2.45, 2.75) is 0 Å².